The highest BCUT2D eigenvalue weighted by Crippen LogP contribution is 2.08. The second-order valence-electron chi connectivity index (χ2n) is 5.20. The summed E-state index contributed by atoms with van der Waals surface area (Å²) in [5.41, 5.74) is 1.87. The highest BCUT2D eigenvalue weighted by molar-refractivity contribution is 6.63. The van der Waals surface area contributed by atoms with Crippen LogP contribution in [0.1, 0.15) is 0 Å². The molecule has 0 N–H and O–H groups in total. The fourth-order valence-electron chi connectivity index (χ4n) is 2.85. The number of hydrogen-bond donors (Lipinski definition) is 0. The molecule has 1 aliphatic rings. The highest BCUT2D eigenvalue weighted by Gasteiger charge is 2.36. The molecule has 1 aliphatic heterocycles. The van der Waals surface area contributed by atoms with Gasteiger partial charge in [0.25, 0.3) is 0 Å². The third-order valence-corrected chi connectivity index (χ3v) is 3.89. The van der Waals surface area contributed by atoms with Crippen molar-refractivity contribution in [2.24, 2.45) is 7.05 Å². The third kappa shape index (κ3) is 1.53. The highest BCUT2D eigenvalue weighted by atomic mass is 16.3. The van der Waals surface area contributed by atoms with Crippen LogP contribution in [0.3, 0.4) is 0 Å². The van der Waals surface area contributed by atoms with E-state index in [1.54, 1.807) is 0 Å². The summed E-state index contributed by atoms with van der Waals surface area (Å²) in [7, 11) is 4.11. The summed E-state index contributed by atoms with van der Waals surface area (Å²) in [6.45, 7) is 0.156. The fraction of sp³-hybridized carbons (Fsp3) is 0.133. The molecule has 3 heterocycles. The minimum Gasteiger partial charge on any atom is -0.455 e. The lowest BCUT2D eigenvalue weighted by atomic mass is 9.72. The number of hydrogen-bond acceptors (Lipinski definition) is 2. The molecule has 4 nitrogen and oxygen atoms in total. The van der Waals surface area contributed by atoms with Gasteiger partial charge in [-0.3, -0.25) is 0 Å². The molecule has 0 atom stereocenters. The van der Waals surface area contributed by atoms with E-state index in [-0.39, 0.29) is 6.98 Å². The van der Waals surface area contributed by atoms with E-state index in [4.69, 9.17) is 4.42 Å². The van der Waals surface area contributed by atoms with Gasteiger partial charge < -0.3 is 9.23 Å². The lowest BCUT2D eigenvalue weighted by molar-refractivity contribution is -0.632. The number of aromatic nitrogens is 2. The molecular formula is C15H15BN3O+. The van der Waals surface area contributed by atoms with E-state index in [0.29, 0.717) is 0 Å². The molecule has 20 heavy (non-hydrogen) atoms. The van der Waals surface area contributed by atoms with Gasteiger partial charge in [-0.1, -0.05) is 18.2 Å². The van der Waals surface area contributed by atoms with Gasteiger partial charge in [0.05, 0.1) is 13.2 Å². The lowest BCUT2D eigenvalue weighted by Crippen LogP contribution is -2.64. The molecule has 3 aromatic rings. The van der Waals surface area contributed by atoms with Crippen LogP contribution in [0.25, 0.3) is 23.1 Å². The quantitative estimate of drug-likeness (QED) is 0.582. The largest absolute Gasteiger partial charge is 0.669 e. The topological polar surface area (TPSA) is 25.2 Å². The molecule has 0 saturated carbocycles. The van der Waals surface area contributed by atoms with Crippen molar-refractivity contribution in [1.82, 2.24) is 9.49 Å². The molecule has 0 radical (unpaired) electrons. The minimum absolute atomic E-state index is 0.156. The number of furan rings is 1. The molecule has 2 aromatic heterocycles. The normalized spacial score (nSPS) is 14.1. The number of nitrogens with zero attached hydrogens (tertiary/aromatic N) is 3. The first-order chi connectivity index (χ1) is 9.74. The van der Waals surface area contributed by atoms with Crippen LogP contribution in [0.5, 0.6) is 0 Å². The molecule has 4 rings (SSSR count). The van der Waals surface area contributed by atoms with Crippen molar-refractivity contribution in [2.45, 2.75) is 0 Å². The van der Waals surface area contributed by atoms with Crippen LogP contribution in [-0.2, 0) is 7.05 Å². The summed E-state index contributed by atoms with van der Waals surface area (Å²) in [4.78, 5) is 2.16. The average molecular weight is 264 g/mol. The SMILES string of the molecule is CN1C=c2oc3ccccc3c2=CB1[n+]1cccn1C. The Kier molecular flexibility index (Phi) is 2.30. The molecule has 0 fully saturated rings. The molecule has 0 saturated heterocycles. The Morgan fingerprint density at radius 2 is 2.00 bits per heavy atom. The third-order valence-electron chi connectivity index (χ3n) is 3.89. The second-order valence-corrected chi connectivity index (χ2v) is 5.20. The van der Waals surface area contributed by atoms with Gasteiger partial charge in [0.2, 0.25) is 0 Å². The van der Waals surface area contributed by atoms with Gasteiger partial charge in [0.15, 0.2) is 6.20 Å². The van der Waals surface area contributed by atoms with Crippen molar-refractivity contribution < 1.29 is 9.01 Å². The van der Waals surface area contributed by atoms with Gasteiger partial charge in [0, 0.05) is 28.8 Å². The smallest absolute Gasteiger partial charge is 0.455 e. The first kappa shape index (κ1) is 11.4. The summed E-state index contributed by atoms with van der Waals surface area (Å²) < 4.78 is 10.2. The Bertz CT molecular complexity index is 909. The number of benzene rings is 1. The Hall–Kier alpha value is -2.43. The van der Waals surface area contributed by atoms with Gasteiger partial charge in [-0.2, -0.15) is 9.27 Å². The first-order valence-corrected chi connectivity index (χ1v) is 6.70. The van der Waals surface area contributed by atoms with E-state index in [9.17, 15) is 0 Å². The summed E-state index contributed by atoms with van der Waals surface area (Å²) in [6, 6.07) is 10.2. The predicted molar refractivity (Wildman–Crippen MR) is 78.9 cm³/mol. The van der Waals surface area contributed by atoms with Gasteiger partial charge in [-0.15, -0.1) is 0 Å². The van der Waals surface area contributed by atoms with E-state index in [1.807, 2.05) is 31.4 Å². The molecule has 0 spiro atoms. The maximum atomic E-state index is 5.91. The standard InChI is InChI=1S/C15H15BN3O/c1-17-11-15-13(12-6-3-4-7-14(12)20-15)10-16(17)19-9-5-8-18(19)2/h3-11H,1-2H3/q+1. The molecule has 98 valence electrons. The maximum absolute atomic E-state index is 5.91. The van der Waals surface area contributed by atoms with Crippen molar-refractivity contribution in [1.29, 1.82) is 0 Å². The van der Waals surface area contributed by atoms with Gasteiger partial charge in [-0.25, -0.2) is 0 Å². The number of aryl methyl sites for hydroxylation is 1. The average Bonchev–Trinajstić information content (AvgIpc) is 3.01. The van der Waals surface area contributed by atoms with E-state index in [1.165, 1.54) is 10.6 Å². The van der Waals surface area contributed by atoms with Crippen molar-refractivity contribution in [3.05, 3.63) is 53.4 Å². The van der Waals surface area contributed by atoms with E-state index < -0.39 is 0 Å². The Morgan fingerprint density at radius 1 is 1.15 bits per heavy atom. The Labute approximate surface area is 116 Å². The zero-order valence-corrected chi connectivity index (χ0v) is 11.5. The van der Waals surface area contributed by atoms with Crippen LogP contribution in [-0.4, -0.2) is 23.5 Å². The van der Waals surface area contributed by atoms with Crippen molar-refractivity contribution >= 4 is 30.1 Å². The van der Waals surface area contributed by atoms with Crippen LogP contribution in [0.15, 0.2) is 47.1 Å². The molecule has 0 aliphatic carbocycles. The lowest BCUT2D eigenvalue weighted by Gasteiger charge is -2.15. The van der Waals surface area contributed by atoms with Gasteiger partial charge >= 0.3 is 6.98 Å². The van der Waals surface area contributed by atoms with Crippen molar-refractivity contribution in [3.8, 4) is 0 Å². The van der Waals surface area contributed by atoms with Crippen molar-refractivity contribution in [2.75, 3.05) is 7.05 Å². The molecule has 0 unspecified atom stereocenters. The number of para-hydroxylation sites is 1. The first-order valence-electron chi connectivity index (χ1n) is 6.70. The number of fused-ring (bicyclic) bond motifs is 3. The van der Waals surface area contributed by atoms with E-state index in [0.717, 1.165) is 11.0 Å². The van der Waals surface area contributed by atoms with Crippen LogP contribution in [0, 0.1) is 0 Å². The zero-order valence-electron chi connectivity index (χ0n) is 11.5. The maximum Gasteiger partial charge on any atom is 0.669 e. The van der Waals surface area contributed by atoms with Crippen molar-refractivity contribution in [3.63, 3.8) is 0 Å². The molecule has 0 amide bonds. The predicted octanol–water partition coefficient (Wildman–Crippen LogP) is 0.0984. The summed E-state index contributed by atoms with van der Waals surface area (Å²) in [5, 5.41) is 2.35. The van der Waals surface area contributed by atoms with Gasteiger partial charge in [0.1, 0.15) is 11.0 Å². The van der Waals surface area contributed by atoms with Gasteiger partial charge in [-0.05, 0) is 13.1 Å². The van der Waals surface area contributed by atoms with E-state index >= 15 is 0 Å². The minimum atomic E-state index is 0.156. The summed E-state index contributed by atoms with van der Waals surface area (Å²) >= 11 is 0. The van der Waals surface area contributed by atoms with Crippen LogP contribution in [0.2, 0.25) is 0 Å². The zero-order chi connectivity index (χ0) is 13.7. The molecule has 5 heteroatoms. The summed E-state index contributed by atoms with van der Waals surface area (Å²) in [6.07, 6.45) is 6.20. The van der Waals surface area contributed by atoms with Crippen LogP contribution >= 0.6 is 0 Å². The van der Waals surface area contributed by atoms with E-state index in [2.05, 4.69) is 51.6 Å². The molecular weight excluding hydrogens is 249 g/mol. The fourth-order valence-corrected chi connectivity index (χ4v) is 2.85. The molecule has 1 aromatic carbocycles. The second kappa shape index (κ2) is 4.03. The molecule has 0 bridgehead atoms. The van der Waals surface area contributed by atoms with Crippen LogP contribution < -0.4 is 15.2 Å². The Morgan fingerprint density at radius 3 is 2.80 bits per heavy atom. The van der Waals surface area contributed by atoms with Crippen LogP contribution in [0.4, 0.5) is 0 Å². The number of rotatable bonds is 1. The summed E-state index contributed by atoms with van der Waals surface area (Å²) in [5.74, 6) is 2.25. The Balaban J connectivity index is 2.01. The monoisotopic (exact) mass is 264 g/mol.